The molecule has 0 atom stereocenters. The summed E-state index contributed by atoms with van der Waals surface area (Å²) in [4.78, 5) is 29.0. The predicted molar refractivity (Wildman–Crippen MR) is 120 cm³/mol. The van der Waals surface area contributed by atoms with E-state index in [1.807, 2.05) is 17.0 Å². The zero-order chi connectivity index (χ0) is 21.7. The molecule has 1 saturated heterocycles. The Balaban J connectivity index is 1.57. The summed E-state index contributed by atoms with van der Waals surface area (Å²) in [6, 6.07) is 10.5. The lowest BCUT2D eigenvalue weighted by molar-refractivity contribution is -0.117. The Morgan fingerprint density at radius 3 is 2.23 bits per heavy atom. The highest BCUT2D eigenvalue weighted by molar-refractivity contribution is 9.10. The number of ether oxygens (including phenoxy) is 2. The third kappa shape index (κ3) is 5.24. The van der Waals surface area contributed by atoms with Crippen molar-refractivity contribution in [3.63, 3.8) is 0 Å². The van der Waals surface area contributed by atoms with Crippen molar-refractivity contribution in [2.45, 2.75) is 0 Å². The number of benzene rings is 2. The molecular weight excluding hydrogens is 474 g/mol. The quantitative estimate of drug-likeness (QED) is 0.663. The molecule has 2 aromatic carbocycles. The number of carbonyl (C=O) groups is 2. The fourth-order valence-corrected chi connectivity index (χ4v) is 3.98. The van der Waals surface area contributed by atoms with Gasteiger partial charge in [-0.25, -0.2) is 0 Å². The maximum atomic E-state index is 12.9. The number of halogens is 2. The summed E-state index contributed by atoms with van der Waals surface area (Å²) in [6.45, 7) is 2.50. The molecule has 2 amide bonds. The Kier molecular flexibility index (Phi) is 7.58. The molecule has 7 nitrogen and oxygen atoms in total. The molecule has 0 spiro atoms. The number of anilines is 1. The molecule has 0 radical (unpaired) electrons. The van der Waals surface area contributed by atoms with Gasteiger partial charge in [0, 0.05) is 31.7 Å². The van der Waals surface area contributed by atoms with Gasteiger partial charge in [0.25, 0.3) is 5.91 Å². The SMILES string of the molecule is COc1cc(C(=O)N2CCN(CC(=O)Nc3ccccc3Cl)CC2)cc(OC)c1Br. The topological polar surface area (TPSA) is 71.1 Å². The van der Waals surface area contributed by atoms with Gasteiger partial charge in [-0.05, 0) is 40.2 Å². The van der Waals surface area contributed by atoms with Crippen LogP contribution in [0.4, 0.5) is 5.69 Å². The van der Waals surface area contributed by atoms with Crippen LogP contribution in [0.15, 0.2) is 40.9 Å². The molecule has 0 unspecified atom stereocenters. The second kappa shape index (κ2) is 10.1. The number of methoxy groups -OCH3 is 2. The number of para-hydroxylation sites is 1. The van der Waals surface area contributed by atoms with Crippen LogP contribution < -0.4 is 14.8 Å². The standard InChI is InChI=1S/C21H23BrClN3O4/c1-29-17-11-14(12-18(30-2)20(17)22)21(28)26-9-7-25(8-10-26)13-19(27)24-16-6-4-3-5-15(16)23/h3-6,11-12H,7-10,13H2,1-2H3,(H,24,27). The molecular formula is C21H23BrClN3O4. The lowest BCUT2D eigenvalue weighted by Crippen LogP contribution is -2.50. The summed E-state index contributed by atoms with van der Waals surface area (Å²) < 4.78 is 11.3. The van der Waals surface area contributed by atoms with Gasteiger partial charge in [-0.1, -0.05) is 23.7 Å². The number of nitrogens with zero attached hydrogens (tertiary/aromatic N) is 2. The summed E-state index contributed by atoms with van der Waals surface area (Å²) >= 11 is 9.49. The van der Waals surface area contributed by atoms with E-state index in [1.165, 1.54) is 0 Å². The smallest absolute Gasteiger partial charge is 0.254 e. The van der Waals surface area contributed by atoms with Gasteiger partial charge in [-0.15, -0.1) is 0 Å². The zero-order valence-corrected chi connectivity index (χ0v) is 19.1. The summed E-state index contributed by atoms with van der Waals surface area (Å²) in [7, 11) is 3.08. The van der Waals surface area contributed by atoms with Crippen molar-refractivity contribution >= 4 is 45.0 Å². The largest absolute Gasteiger partial charge is 0.495 e. The summed E-state index contributed by atoms with van der Waals surface area (Å²) in [5.74, 6) is 0.838. The maximum absolute atomic E-state index is 12.9. The second-order valence-electron chi connectivity index (χ2n) is 6.79. The van der Waals surface area contributed by atoms with Crippen molar-refractivity contribution < 1.29 is 19.1 Å². The third-order valence-electron chi connectivity index (χ3n) is 4.87. The van der Waals surface area contributed by atoms with Crippen molar-refractivity contribution in [3.05, 3.63) is 51.5 Å². The molecule has 30 heavy (non-hydrogen) atoms. The van der Waals surface area contributed by atoms with E-state index in [2.05, 4.69) is 21.2 Å². The third-order valence-corrected chi connectivity index (χ3v) is 5.98. The fraction of sp³-hybridized carbons (Fsp3) is 0.333. The molecule has 9 heteroatoms. The molecule has 0 aliphatic carbocycles. The van der Waals surface area contributed by atoms with Gasteiger partial charge in [0.1, 0.15) is 16.0 Å². The number of nitrogens with one attached hydrogen (secondary N) is 1. The van der Waals surface area contributed by atoms with E-state index in [0.717, 1.165) is 0 Å². The maximum Gasteiger partial charge on any atom is 0.254 e. The Morgan fingerprint density at radius 1 is 1.07 bits per heavy atom. The van der Waals surface area contributed by atoms with Crippen molar-refractivity contribution in [2.24, 2.45) is 0 Å². The number of amides is 2. The number of piperazine rings is 1. The minimum absolute atomic E-state index is 0.0979. The zero-order valence-electron chi connectivity index (χ0n) is 16.8. The molecule has 0 saturated carbocycles. The van der Waals surface area contributed by atoms with Crippen LogP contribution in [0.25, 0.3) is 0 Å². The molecule has 160 valence electrons. The first-order valence-corrected chi connectivity index (χ1v) is 10.6. The number of hydrogen-bond donors (Lipinski definition) is 1. The summed E-state index contributed by atoms with van der Waals surface area (Å²) in [5.41, 5.74) is 1.09. The van der Waals surface area contributed by atoms with E-state index in [1.54, 1.807) is 43.4 Å². The molecule has 1 aliphatic heterocycles. The number of hydrogen-bond acceptors (Lipinski definition) is 5. The summed E-state index contributed by atoms with van der Waals surface area (Å²) in [6.07, 6.45) is 0. The van der Waals surface area contributed by atoms with Gasteiger partial charge in [0.2, 0.25) is 5.91 Å². The van der Waals surface area contributed by atoms with Gasteiger partial charge in [-0.3, -0.25) is 14.5 Å². The van der Waals surface area contributed by atoms with Crippen LogP contribution in [0.1, 0.15) is 10.4 Å². The predicted octanol–water partition coefficient (Wildman–Crippen LogP) is 3.52. The van der Waals surface area contributed by atoms with Crippen molar-refractivity contribution in [3.8, 4) is 11.5 Å². The van der Waals surface area contributed by atoms with E-state index in [4.69, 9.17) is 21.1 Å². The molecule has 1 N–H and O–H groups in total. The average molecular weight is 497 g/mol. The van der Waals surface area contributed by atoms with Gasteiger partial charge in [-0.2, -0.15) is 0 Å². The van der Waals surface area contributed by atoms with E-state index in [-0.39, 0.29) is 18.4 Å². The fourth-order valence-electron chi connectivity index (χ4n) is 3.24. The first kappa shape index (κ1) is 22.4. The minimum Gasteiger partial charge on any atom is -0.495 e. The van der Waals surface area contributed by atoms with Crippen LogP contribution in [0.2, 0.25) is 5.02 Å². The number of rotatable bonds is 6. The van der Waals surface area contributed by atoms with Gasteiger partial charge in [0.05, 0.1) is 31.5 Å². The minimum atomic E-state index is -0.134. The summed E-state index contributed by atoms with van der Waals surface area (Å²) in [5, 5.41) is 3.32. The molecule has 0 aromatic heterocycles. The second-order valence-corrected chi connectivity index (χ2v) is 7.99. The monoisotopic (exact) mass is 495 g/mol. The van der Waals surface area contributed by atoms with Crippen LogP contribution >= 0.6 is 27.5 Å². The molecule has 1 aliphatic rings. The van der Waals surface area contributed by atoms with Gasteiger partial charge in [0.15, 0.2) is 0 Å². The van der Waals surface area contributed by atoms with Crippen molar-refractivity contribution in [2.75, 3.05) is 52.3 Å². The highest BCUT2D eigenvalue weighted by atomic mass is 79.9. The van der Waals surface area contributed by atoms with Crippen LogP contribution in [0, 0.1) is 0 Å². The highest BCUT2D eigenvalue weighted by Crippen LogP contribution is 2.36. The molecule has 1 heterocycles. The lowest BCUT2D eigenvalue weighted by Gasteiger charge is -2.34. The molecule has 3 rings (SSSR count). The van der Waals surface area contributed by atoms with E-state index in [9.17, 15) is 9.59 Å². The van der Waals surface area contributed by atoms with Crippen LogP contribution in [-0.2, 0) is 4.79 Å². The van der Waals surface area contributed by atoms with Crippen LogP contribution in [-0.4, -0.2) is 68.6 Å². The van der Waals surface area contributed by atoms with Gasteiger partial charge >= 0.3 is 0 Å². The average Bonchev–Trinajstić information content (AvgIpc) is 2.75. The Labute approximate surface area is 189 Å². The Morgan fingerprint density at radius 2 is 1.67 bits per heavy atom. The lowest BCUT2D eigenvalue weighted by atomic mass is 10.1. The van der Waals surface area contributed by atoms with E-state index < -0.39 is 0 Å². The first-order valence-electron chi connectivity index (χ1n) is 9.40. The highest BCUT2D eigenvalue weighted by Gasteiger charge is 2.25. The molecule has 2 aromatic rings. The molecule has 1 fully saturated rings. The Hall–Kier alpha value is -2.29. The van der Waals surface area contributed by atoms with Gasteiger partial charge < -0.3 is 19.7 Å². The molecule has 0 bridgehead atoms. The Bertz CT molecular complexity index is 907. The van der Waals surface area contributed by atoms with Crippen LogP contribution in [0.3, 0.4) is 0 Å². The van der Waals surface area contributed by atoms with E-state index >= 15 is 0 Å². The van der Waals surface area contributed by atoms with Crippen molar-refractivity contribution in [1.82, 2.24) is 9.80 Å². The first-order chi connectivity index (χ1) is 14.4. The van der Waals surface area contributed by atoms with Crippen molar-refractivity contribution in [1.29, 1.82) is 0 Å². The van der Waals surface area contributed by atoms with Crippen LogP contribution in [0.5, 0.6) is 11.5 Å². The normalized spacial score (nSPS) is 14.3. The number of carbonyl (C=O) groups excluding carboxylic acids is 2. The van der Waals surface area contributed by atoms with E-state index in [0.29, 0.717) is 58.4 Å².